The number of hydrogen-bond acceptors (Lipinski definition) is 5. The highest BCUT2D eigenvalue weighted by molar-refractivity contribution is 5.96. The lowest BCUT2D eigenvalue weighted by Gasteiger charge is -2.30. The van der Waals surface area contributed by atoms with Gasteiger partial charge in [-0.3, -0.25) is 15.0 Å². The number of rotatable bonds is 4. The molecule has 150 valence electrons. The molecule has 3 aliphatic heterocycles. The molecular formula is C22H23N3O4. The minimum Gasteiger partial charge on any atom is -0.340 e. The Morgan fingerprint density at radius 2 is 1.59 bits per heavy atom. The number of ether oxygens (including phenoxy) is 2. The molecule has 7 nitrogen and oxygen atoms in total. The van der Waals surface area contributed by atoms with Gasteiger partial charge in [0, 0.05) is 6.42 Å². The van der Waals surface area contributed by atoms with Crippen molar-refractivity contribution in [2.75, 3.05) is 5.43 Å². The van der Waals surface area contributed by atoms with E-state index in [1.165, 1.54) is 5.01 Å². The SMILES string of the molecule is CC1(C)O[C@@H]2[C@@H]3N(Nc4ccccc4)C(=O)[C@H](Cc4ccccc4)N3C(=O)[C@@H]2O1. The molecule has 3 heterocycles. The van der Waals surface area contributed by atoms with Gasteiger partial charge >= 0.3 is 0 Å². The Kier molecular flexibility index (Phi) is 4.11. The Labute approximate surface area is 169 Å². The van der Waals surface area contributed by atoms with Crippen LogP contribution in [0.2, 0.25) is 0 Å². The van der Waals surface area contributed by atoms with Gasteiger partial charge in [-0.05, 0) is 31.5 Å². The first-order chi connectivity index (χ1) is 13.9. The summed E-state index contributed by atoms with van der Waals surface area (Å²) >= 11 is 0. The van der Waals surface area contributed by atoms with Crippen molar-refractivity contribution in [2.45, 2.75) is 50.5 Å². The molecule has 0 aliphatic carbocycles. The molecule has 2 aromatic rings. The zero-order valence-electron chi connectivity index (χ0n) is 16.3. The molecule has 5 rings (SSSR count). The quantitative estimate of drug-likeness (QED) is 0.862. The topological polar surface area (TPSA) is 71.1 Å². The maximum absolute atomic E-state index is 13.4. The number of para-hydroxylation sites is 1. The third-order valence-corrected chi connectivity index (χ3v) is 5.62. The Hall–Kier alpha value is -2.90. The molecule has 0 radical (unpaired) electrons. The highest BCUT2D eigenvalue weighted by atomic mass is 16.8. The summed E-state index contributed by atoms with van der Waals surface area (Å²) in [6.45, 7) is 3.58. The van der Waals surface area contributed by atoms with Gasteiger partial charge < -0.3 is 14.4 Å². The summed E-state index contributed by atoms with van der Waals surface area (Å²) in [5.74, 6) is -1.21. The van der Waals surface area contributed by atoms with E-state index in [-0.39, 0.29) is 11.8 Å². The van der Waals surface area contributed by atoms with E-state index >= 15 is 0 Å². The smallest absolute Gasteiger partial charge is 0.266 e. The number of fused-ring (bicyclic) bond motifs is 3. The third kappa shape index (κ3) is 2.97. The standard InChI is InChI=1S/C22H23N3O4/c1-22(2)28-17-18(29-22)21(27)24-16(13-14-9-5-3-6-10-14)20(26)25(19(17)24)23-15-11-7-4-8-12-15/h3-12,16-19,23H,13H2,1-2H3/t16-,17-,18+,19-/m0/s1. The van der Waals surface area contributed by atoms with E-state index in [0.717, 1.165) is 11.3 Å². The zero-order chi connectivity index (χ0) is 20.2. The molecular weight excluding hydrogens is 370 g/mol. The number of carbonyl (C=O) groups is 2. The van der Waals surface area contributed by atoms with Crippen molar-refractivity contribution in [3.8, 4) is 0 Å². The highest BCUT2D eigenvalue weighted by Gasteiger charge is 2.66. The van der Waals surface area contributed by atoms with Gasteiger partial charge in [0.25, 0.3) is 11.8 Å². The van der Waals surface area contributed by atoms with E-state index in [4.69, 9.17) is 9.47 Å². The number of nitrogens with zero attached hydrogens (tertiary/aromatic N) is 2. The van der Waals surface area contributed by atoms with Crippen LogP contribution in [0.3, 0.4) is 0 Å². The molecule has 2 aromatic carbocycles. The van der Waals surface area contributed by atoms with Gasteiger partial charge in [-0.1, -0.05) is 48.5 Å². The predicted octanol–water partition coefficient (Wildman–Crippen LogP) is 2.16. The fourth-order valence-corrected chi connectivity index (χ4v) is 4.45. The average Bonchev–Trinajstić information content (AvgIpc) is 3.26. The van der Waals surface area contributed by atoms with Crippen molar-refractivity contribution in [2.24, 2.45) is 0 Å². The fraction of sp³-hybridized carbons (Fsp3) is 0.364. The number of anilines is 1. The Morgan fingerprint density at radius 1 is 0.931 bits per heavy atom. The van der Waals surface area contributed by atoms with Gasteiger partial charge in [0.05, 0.1) is 5.69 Å². The van der Waals surface area contributed by atoms with Crippen molar-refractivity contribution < 1.29 is 19.1 Å². The molecule has 2 amide bonds. The fourth-order valence-electron chi connectivity index (χ4n) is 4.45. The summed E-state index contributed by atoms with van der Waals surface area (Å²) in [5, 5.41) is 1.54. The Morgan fingerprint density at radius 3 is 2.28 bits per heavy atom. The van der Waals surface area contributed by atoms with Crippen LogP contribution >= 0.6 is 0 Å². The van der Waals surface area contributed by atoms with Crippen LogP contribution in [0.4, 0.5) is 5.69 Å². The lowest BCUT2D eigenvalue weighted by molar-refractivity contribution is -0.176. The molecule has 0 saturated carbocycles. The first kappa shape index (κ1) is 18.1. The third-order valence-electron chi connectivity index (χ3n) is 5.62. The number of nitrogens with one attached hydrogen (secondary N) is 1. The van der Waals surface area contributed by atoms with Crippen LogP contribution in [0.1, 0.15) is 19.4 Å². The summed E-state index contributed by atoms with van der Waals surface area (Å²) in [6, 6.07) is 18.6. The van der Waals surface area contributed by atoms with E-state index in [1.54, 1.807) is 18.7 Å². The molecule has 0 bridgehead atoms. The number of carbonyl (C=O) groups excluding carboxylic acids is 2. The maximum atomic E-state index is 13.4. The van der Waals surface area contributed by atoms with Gasteiger partial charge in [0.2, 0.25) is 0 Å². The van der Waals surface area contributed by atoms with Crippen LogP contribution in [0.5, 0.6) is 0 Å². The second kappa shape index (κ2) is 6.57. The molecule has 3 aliphatic rings. The molecule has 3 fully saturated rings. The minimum atomic E-state index is -0.865. The first-order valence-electron chi connectivity index (χ1n) is 9.81. The first-order valence-corrected chi connectivity index (χ1v) is 9.81. The molecule has 0 spiro atoms. The van der Waals surface area contributed by atoms with E-state index in [1.807, 2.05) is 60.7 Å². The van der Waals surface area contributed by atoms with E-state index in [0.29, 0.717) is 6.42 Å². The molecule has 0 unspecified atom stereocenters. The van der Waals surface area contributed by atoms with Crippen LogP contribution < -0.4 is 5.43 Å². The summed E-state index contributed by atoms with van der Waals surface area (Å²) < 4.78 is 11.9. The molecule has 1 N–H and O–H groups in total. The van der Waals surface area contributed by atoms with Gasteiger partial charge in [-0.15, -0.1) is 0 Å². The van der Waals surface area contributed by atoms with Crippen LogP contribution in [-0.4, -0.2) is 51.9 Å². The number of benzene rings is 2. The van der Waals surface area contributed by atoms with Gasteiger partial charge in [0.15, 0.2) is 18.1 Å². The Balaban J connectivity index is 1.50. The normalized spacial score (nSPS) is 29.9. The second-order valence-electron chi connectivity index (χ2n) is 8.07. The number of amides is 2. The van der Waals surface area contributed by atoms with Gasteiger partial charge in [0.1, 0.15) is 12.1 Å². The van der Waals surface area contributed by atoms with Crippen molar-refractivity contribution in [3.05, 3.63) is 66.2 Å². The van der Waals surface area contributed by atoms with Crippen molar-refractivity contribution in [1.82, 2.24) is 9.91 Å². The second-order valence-corrected chi connectivity index (χ2v) is 8.07. The van der Waals surface area contributed by atoms with Crippen LogP contribution in [0.25, 0.3) is 0 Å². The average molecular weight is 393 g/mol. The van der Waals surface area contributed by atoms with Crippen LogP contribution in [0, 0.1) is 0 Å². The lowest BCUT2D eigenvalue weighted by atomic mass is 10.1. The minimum absolute atomic E-state index is 0.150. The summed E-state index contributed by atoms with van der Waals surface area (Å²) in [4.78, 5) is 28.2. The summed E-state index contributed by atoms with van der Waals surface area (Å²) in [5.41, 5.74) is 4.96. The summed E-state index contributed by atoms with van der Waals surface area (Å²) in [6.07, 6.45) is -1.37. The molecule has 3 saturated heterocycles. The van der Waals surface area contributed by atoms with E-state index in [9.17, 15) is 9.59 Å². The monoisotopic (exact) mass is 393 g/mol. The van der Waals surface area contributed by atoms with Gasteiger partial charge in [-0.2, -0.15) is 0 Å². The van der Waals surface area contributed by atoms with Crippen LogP contribution in [-0.2, 0) is 25.5 Å². The largest absolute Gasteiger partial charge is 0.340 e. The van der Waals surface area contributed by atoms with Crippen molar-refractivity contribution in [3.63, 3.8) is 0 Å². The molecule has 29 heavy (non-hydrogen) atoms. The molecule has 0 aromatic heterocycles. The lowest BCUT2D eigenvalue weighted by Crippen LogP contribution is -2.48. The van der Waals surface area contributed by atoms with Crippen molar-refractivity contribution >= 4 is 17.5 Å². The van der Waals surface area contributed by atoms with E-state index in [2.05, 4.69) is 5.43 Å². The highest BCUT2D eigenvalue weighted by Crippen LogP contribution is 2.43. The van der Waals surface area contributed by atoms with E-state index < -0.39 is 30.2 Å². The van der Waals surface area contributed by atoms with Gasteiger partial charge in [-0.25, -0.2) is 5.01 Å². The van der Waals surface area contributed by atoms with Crippen molar-refractivity contribution in [1.29, 1.82) is 0 Å². The summed E-state index contributed by atoms with van der Waals surface area (Å²) in [7, 11) is 0. The maximum Gasteiger partial charge on any atom is 0.266 e. The molecule has 4 atom stereocenters. The predicted molar refractivity (Wildman–Crippen MR) is 105 cm³/mol. The molecule has 7 heteroatoms. The zero-order valence-corrected chi connectivity index (χ0v) is 16.3. The number of hydrazine groups is 1. The van der Waals surface area contributed by atoms with Crippen LogP contribution in [0.15, 0.2) is 60.7 Å². The number of hydrogen-bond donors (Lipinski definition) is 1. The Bertz CT molecular complexity index is 934.